The zero-order valence-electron chi connectivity index (χ0n) is 12.5. The lowest BCUT2D eigenvalue weighted by molar-refractivity contribution is -0.125. The van der Waals surface area contributed by atoms with Crippen molar-refractivity contribution < 1.29 is 18.5 Å². The molecule has 0 saturated carbocycles. The normalized spacial score (nSPS) is 12.0. The predicted octanol–water partition coefficient (Wildman–Crippen LogP) is 1.89. The lowest BCUT2D eigenvalue weighted by Crippen LogP contribution is -2.36. The Kier molecular flexibility index (Phi) is 7.08. The number of hydrogen-bond donors (Lipinski definition) is 1. The topological polar surface area (TPSA) is 72.5 Å². The Morgan fingerprint density at radius 1 is 1.24 bits per heavy atom. The number of benzene rings is 1. The molecule has 1 rings (SSSR count). The van der Waals surface area contributed by atoms with Gasteiger partial charge in [-0.15, -0.1) is 0 Å². The van der Waals surface area contributed by atoms with Gasteiger partial charge in [0.15, 0.2) is 6.61 Å². The van der Waals surface area contributed by atoms with Gasteiger partial charge in [-0.1, -0.05) is 26.0 Å². The molecule has 1 atom stereocenters. The molecule has 1 aromatic rings. The molecule has 0 radical (unpaired) electrons. The Morgan fingerprint density at radius 3 is 2.43 bits per heavy atom. The van der Waals surface area contributed by atoms with E-state index in [1.165, 1.54) is 12.3 Å². The number of amides is 1. The molecule has 0 fully saturated rings. The quantitative estimate of drug-likeness (QED) is 0.781. The molecule has 1 N–H and O–H groups in total. The van der Waals surface area contributed by atoms with Gasteiger partial charge in [0.2, 0.25) is 0 Å². The molecular formula is C15H21NO4S. The van der Waals surface area contributed by atoms with Gasteiger partial charge in [-0.3, -0.25) is 9.00 Å². The second-order valence-electron chi connectivity index (χ2n) is 4.61. The molecule has 0 spiro atoms. The van der Waals surface area contributed by atoms with Crippen molar-refractivity contribution in [2.24, 2.45) is 0 Å². The number of esters is 1. The van der Waals surface area contributed by atoms with Crippen LogP contribution in [0.15, 0.2) is 29.2 Å². The van der Waals surface area contributed by atoms with E-state index < -0.39 is 16.8 Å². The highest BCUT2D eigenvalue weighted by atomic mass is 32.2. The molecule has 21 heavy (non-hydrogen) atoms. The van der Waals surface area contributed by atoms with E-state index in [0.717, 1.165) is 12.8 Å². The molecule has 0 aliphatic carbocycles. The summed E-state index contributed by atoms with van der Waals surface area (Å²) in [4.78, 5) is 24.0. The summed E-state index contributed by atoms with van der Waals surface area (Å²) in [6.07, 6.45) is 3.15. The van der Waals surface area contributed by atoms with Gasteiger partial charge in [-0.25, -0.2) is 4.79 Å². The Morgan fingerprint density at radius 2 is 1.86 bits per heavy atom. The van der Waals surface area contributed by atoms with Crippen LogP contribution in [0.2, 0.25) is 0 Å². The Hall–Kier alpha value is -1.69. The first kappa shape index (κ1) is 17.4. The molecule has 1 aromatic carbocycles. The van der Waals surface area contributed by atoms with Gasteiger partial charge >= 0.3 is 5.97 Å². The summed E-state index contributed by atoms with van der Waals surface area (Å²) in [5, 5.41) is 2.78. The number of carbonyl (C=O) groups is 2. The molecule has 6 heteroatoms. The number of carbonyl (C=O) groups excluding carboxylic acids is 2. The second kappa shape index (κ2) is 8.56. The SMILES string of the molecule is CCC(CC)NC(=O)COC(=O)c1ccccc1[S@@](C)=O. The highest BCUT2D eigenvalue weighted by molar-refractivity contribution is 7.84. The molecule has 0 heterocycles. The Balaban J connectivity index is 2.62. The molecule has 0 unspecified atom stereocenters. The van der Waals surface area contributed by atoms with Crippen LogP contribution in [0.5, 0.6) is 0 Å². The van der Waals surface area contributed by atoms with E-state index in [2.05, 4.69) is 5.32 Å². The lowest BCUT2D eigenvalue weighted by atomic mass is 10.2. The van der Waals surface area contributed by atoms with Gasteiger partial charge < -0.3 is 10.1 Å². The van der Waals surface area contributed by atoms with Gasteiger partial charge in [0.05, 0.1) is 21.3 Å². The summed E-state index contributed by atoms with van der Waals surface area (Å²) in [5.41, 5.74) is 0.230. The third kappa shape index (κ3) is 5.30. The maximum Gasteiger partial charge on any atom is 0.339 e. The van der Waals surface area contributed by atoms with Crippen LogP contribution < -0.4 is 5.32 Å². The molecule has 116 valence electrons. The van der Waals surface area contributed by atoms with Crippen LogP contribution >= 0.6 is 0 Å². The fourth-order valence-electron chi connectivity index (χ4n) is 1.86. The van der Waals surface area contributed by atoms with E-state index >= 15 is 0 Å². The molecule has 5 nitrogen and oxygen atoms in total. The first-order valence-electron chi connectivity index (χ1n) is 6.88. The van der Waals surface area contributed by atoms with Crippen molar-refractivity contribution in [2.75, 3.05) is 12.9 Å². The highest BCUT2D eigenvalue weighted by Crippen LogP contribution is 2.13. The van der Waals surface area contributed by atoms with E-state index in [-0.39, 0.29) is 24.1 Å². The van der Waals surface area contributed by atoms with Crippen molar-refractivity contribution in [1.82, 2.24) is 5.32 Å². The highest BCUT2D eigenvalue weighted by Gasteiger charge is 2.16. The number of rotatable bonds is 7. The van der Waals surface area contributed by atoms with Crippen molar-refractivity contribution in [2.45, 2.75) is 37.6 Å². The lowest BCUT2D eigenvalue weighted by Gasteiger charge is -2.14. The fourth-order valence-corrected chi connectivity index (χ4v) is 2.59. The van der Waals surface area contributed by atoms with E-state index in [1.807, 2.05) is 13.8 Å². The van der Waals surface area contributed by atoms with Gasteiger partial charge in [-0.2, -0.15) is 0 Å². The molecule has 0 saturated heterocycles. The summed E-state index contributed by atoms with van der Waals surface area (Å²) in [6, 6.07) is 6.60. The van der Waals surface area contributed by atoms with Crippen molar-refractivity contribution in [3.05, 3.63) is 29.8 Å². The molecule has 0 aliphatic heterocycles. The third-order valence-corrected chi connectivity index (χ3v) is 4.08. The number of nitrogens with one attached hydrogen (secondary N) is 1. The summed E-state index contributed by atoms with van der Waals surface area (Å²) in [7, 11) is -1.29. The minimum Gasteiger partial charge on any atom is -0.452 e. The maximum absolute atomic E-state index is 12.0. The van der Waals surface area contributed by atoms with Crippen LogP contribution in [0.25, 0.3) is 0 Å². The summed E-state index contributed by atoms with van der Waals surface area (Å²) in [5.74, 6) is -0.965. The van der Waals surface area contributed by atoms with Gasteiger partial charge in [0, 0.05) is 12.3 Å². The third-order valence-electron chi connectivity index (χ3n) is 3.10. The number of hydrogen-bond acceptors (Lipinski definition) is 4. The molecule has 0 aliphatic rings. The maximum atomic E-state index is 12.0. The van der Waals surface area contributed by atoms with Crippen LogP contribution in [-0.2, 0) is 20.3 Å². The van der Waals surface area contributed by atoms with Crippen molar-refractivity contribution >= 4 is 22.7 Å². The monoisotopic (exact) mass is 311 g/mol. The molecule has 0 bridgehead atoms. The zero-order chi connectivity index (χ0) is 15.8. The minimum absolute atomic E-state index is 0.0895. The van der Waals surface area contributed by atoms with Crippen LogP contribution in [0.1, 0.15) is 37.0 Å². The number of ether oxygens (including phenoxy) is 1. The fraction of sp³-hybridized carbons (Fsp3) is 0.467. The standard InChI is InChI=1S/C15H21NO4S/c1-4-11(5-2)16-14(17)10-20-15(18)12-8-6-7-9-13(12)21(3)19/h6-9,11H,4-5,10H2,1-3H3,(H,16,17)/t21-/m1/s1. The van der Waals surface area contributed by atoms with E-state index in [0.29, 0.717) is 4.90 Å². The molecular weight excluding hydrogens is 290 g/mol. The Bertz CT molecular complexity index is 526. The predicted molar refractivity (Wildman–Crippen MR) is 81.6 cm³/mol. The summed E-state index contributed by atoms with van der Waals surface area (Å²) < 4.78 is 16.5. The first-order chi connectivity index (χ1) is 9.99. The zero-order valence-corrected chi connectivity index (χ0v) is 13.4. The minimum atomic E-state index is -1.29. The van der Waals surface area contributed by atoms with Gasteiger partial charge in [0.25, 0.3) is 5.91 Å². The van der Waals surface area contributed by atoms with Crippen molar-refractivity contribution in [3.63, 3.8) is 0 Å². The molecule has 0 aromatic heterocycles. The largest absolute Gasteiger partial charge is 0.452 e. The van der Waals surface area contributed by atoms with Gasteiger partial charge in [-0.05, 0) is 25.0 Å². The van der Waals surface area contributed by atoms with Gasteiger partial charge in [0.1, 0.15) is 0 Å². The average molecular weight is 311 g/mol. The van der Waals surface area contributed by atoms with Crippen molar-refractivity contribution in [1.29, 1.82) is 0 Å². The van der Waals surface area contributed by atoms with Crippen molar-refractivity contribution in [3.8, 4) is 0 Å². The van der Waals surface area contributed by atoms with Crippen LogP contribution in [0.4, 0.5) is 0 Å². The van der Waals surface area contributed by atoms with E-state index in [9.17, 15) is 13.8 Å². The Labute approximate surface area is 127 Å². The summed E-state index contributed by atoms with van der Waals surface area (Å²) in [6.45, 7) is 3.63. The van der Waals surface area contributed by atoms with Crippen LogP contribution in [0.3, 0.4) is 0 Å². The van der Waals surface area contributed by atoms with Crippen LogP contribution in [0, 0.1) is 0 Å². The van der Waals surface area contributed by atoms with E-state index in [1.54, 1.807) is 18.2 Å². The molecule has 1 amide bonds. The van der Waals surface area contributed by atoms with E-state index in [4.69, 9.17) is 4.74 Å². The average Bonchev–Trinajstić information content (AvgIpc) is 2.50. The summed E-state index contributed by atoms with van der Waals surface area (Å²) >= 11 is 0. The smallest absolute Gasteiger partial charge is 0.339 e. The van der Waals surface area contributed by atoms with Crippen LogP contribution in [-0.4, -0.2) is 35.0 Å². The first-order valence-corrected chi connectivity index (χ1v) is 8.44. The second-order valence-corrected chi connectivity index (χ2v) is 5.96.